The quantitative estimate of drug-likeness (QED) is 0.608. The monoisotopic (exact) mass is 207 g/mol. The van der Waals surface area contributed by atoms with Crippen LogP contribution in [0.15, 0.2) is 54.6 Å². The first-order valence-corrected chi connectivity index (χ1v) is 5.49. The third-order valence-electron chi connectivity index (χ3n) is 3.05. The van der Waals surface area contributed by atoms with E-state index < -0.39 is 0 Å². The van der Waals surface area contributed by atoms with E-state index in [1.165, 1.54) is 27.1 Å². The van der Waals surface area contributed by atoms with Crippen LogP contribution in [0.2, 0.25) is 0 Å². The highest BCUT2D eigenvalue weighted by atomic mass is 14.5. The average molecular weight is 207 g/mol. The molecule has 16 heavy (non-hydrogen) atoms. The molecule has 0 spiro atoms. The van der Waals surface area contributed by atoms with Gasteiger partial charge in [0.1, 0.15) is 0 Å². The minimum absolute atomic E-state index is 0.600. The molecule has 0 radical (unpaired) electrons. The molecular weight excluding hydrogens is 194 g/mol. The van der Waals surface area contributed by atoms with E-state index in [-0.39, 0.29) is 0 Å². The van der Waals surface area contributed by atoms with Gasteiger partial charge in [0.05, 0.1) is 0 Å². The van der Waals surface area contributed by atoms with Crippen molar-refractivity contribution < 1.29 is 0 Å². The van der Waals surface area contributed by atoms with Crippen LogP contribution in [-0.2, 0) is 6.54 Å². The van der Waals surface area contributed by atoms with Crippen LogP contribution in [0, 0.1) is 0 Å². The summed E-state index contributed by atoms with van der Waals surface area (Å²) in [7, 11) is 0. The predicted molar refractivity (Wildman–Crippen MR) is 69.3 cm³/mol. The number of rotatable bonds is 1. The van der Waals surface area contributed by atoms with E-state index in [4.69, 9.17) is 5.73 Å². The lowest BCUT2D eigenvalue weighted by atomic mass is 10.0. The molecule has 0 aliphatic heterocycles. The molecule has 2 N–H and O–H groups in total. The summed E-state index contributed by atoms with van der Waals surface area (Å²) in [5, 5.41) is 5.16. The molecule has 0 aliphatic carbocycles. The second-order valence-electron chi connectivity index (χ2n) is 4.05. The van der Waals surface area contributed by atoms with Gasteiger partial charge in [-0.15, -0.1) is 0 Å². The molecule has 0 fully saturated rings. The summed E-state index contributed by atoms with van der Waals surface area (Å²) in [6, 6.07) is 19.2. The first-order valence-electron chi connectivity index (χ1n) is 5.49. The zero-order valence-corrected chi connectivity index (χ0v) is 8.98. The van der Waals surface area contributed by atoms with Crippen LogP contribution in [0.25, 0.3) is 21.5 Å². The summed E-state index contributed by atoms with van der Waals surface area (Å²) < 4.78 is 0. The zero-order valence-electron chi connectivity index (χ0n) is 8.98. The average Bonchev–Trinajstić information content (AvgIpc) is 2.38. The van der Waals surface area contributed by atoms with Crippen LogP contribution in [0.4, 0.5) is 0 Å². The van der Waals surface area contributed by atoms with Crippen LogP contribution in [0.5, 0.6) is 0 Å². The molecule has 3 aromatic rings. The molecule has 78 valence electrons. The maximum atomic E-state index is 5.65. The number of hydrogen-bond donors (Lipinski definition) is 1. The smallest absolute Gasteiger partial charge is 0.0178 e. The molecule has 1 nitrogen and oxygen atoms in total. The second-order valence-corrected chi connectivity index (χ2v) is 4.05. The van der Waals surface area contributed by atoms with E-state index in [9.17, 15) is 0 Å². The molecule has 3 aromatic carbocycles. The Morgan fingerprint density at radius 2 is 1.50 bits per heavy atom. The van der Waals surface area contributed by atoms with Crippen molar-refractivity contribution in [1.82, 2.24) is 0 Å². The lowest BCUT2D eigenvalue weighted by Crippen LogP contribution is -1.95. The van der Waals surface area contributed by atoms with E-state index in [0.29, 0.717) is 6.54 Å². The first kappa shape index (κ1) is 9.37. The molecule has 0 aromatic heterocycles. The summed E-state index contributed by atoms with van der Waals surface area (Å²) in [5.41, 5.74) is 6.84. The summed E-state index contributed by atoms with van der Waals surface area (Å²) in [6.07, 6.45) is 0. The summed E-state index contributed by atoms with van der Waals surface area (Å²) >= 11 is 0. The Balaban J connectivity index is 2.43. The Kier molecular flexibility index (Phi) is 2.12. The number of fused-ring (bicyclic) bond motifs is 3. The lowest BCUT2D eigenvalue weighted by Gasteiger charge is -2.05. The molecule has 0 heterocycles. The summed E-state index contributed by atoms with van der Waals surface area (Å²) in [4.78, 5) is 0. The highest BCUT2D eigenvalue weighted by Crippen LogP contribution is 2.25. The van der Waals surface area contributed by atoms with Gasteiger partial charge in [-0.3, -0.25) is 0 Å². The Hall–Kier alpha value is -1.86. The third-order valence-corrected chi connectivity index (χ3v) is 3.05. The van der Waals surface area contributed by atoms with Crippen LogP contribution in [-0.4, -0.2) is 0 Å². The minimum atomic E-state index is 0.600. The maximum absolute atomic E-state index is 5.65. The van der Waals surface area contributed by atoms with Gasteiger partial charge in [-0.25, -0.2) is 0 Å². The second kappa shape index (κ2) is 3.62. The van der Waals surface area contributed by atoms with Crippen LogP contribution in [0.1, 0.15) is 5.56 Å². The molecule has 0 aliphatic rings. The van der Waals surface area contributed by atoms with Crippen LogP contribution >= 0.6 is 0 Å². The molecule has 0 bridgehead atoms. The van der Waals surface area contributed by atoms with E-state index in [1.54, 1.807) is 0 Å². The van der Waals surface area contributed by atoms with E-state index in [2.05, 4.69) is 54.6 Å². The van der Waals surface area contributed by atoms with Crippen molar-refractivity contribution in [3.8, 4) is 0 Å². The fourth-order valence-corrected chi connectivity index (χ4v) is 2.19. The Labute approximate surface area is 94.5 Å². The van der Waals surface area contributed by atoms with Crippen molar-refractivity contribution in [3.63, 3.8) is 0 Å². The molecule has 1 heteroatoms. The molecule has 0 saturated heterocycles. The van der Waals surface area contributed by atoms with Gasteiger partial charge in [0.2, 0.25) is 0 Å². The van der Waals surface area contributed by atoms with Gasteiger partial charge < -0.3 is 5.73 Å². The van der Waals surface area contributed by atoms with Crippen LogP contribution < -0.4 is 5.73 Å². The molecular formula is C15H13N. The number of benzene rings is 3. The van der Waals surface area contributed by atoms with Crippen LogP contribution in [0.3, 0.4) is 0 Å². The van der Waals surface area contributed by atoms with Gasteiger partial charge in [-0.1, -0.05) is 48.5 Å². The fraction of sp³-hybridized carbons (Fsp3) is 0.0667. The Morgan fingerprint density at radius 3 is 2.38 bits per heavy atom. The third kappa shape index (κ3) is 1.37. The van der Waals surface area contributed by atoms with Crippen molar-refractivity contribution in [3.05, 3.63) is 60.2 Å². The standard InChI is InChI=1S/C15H13N/c16-10-11-5-8-15-13(9-11)7-6-12-3-1-2-4-14(12)15/h1-9H,10,16H2. The molecule has 0 amide bonds. The molecule has 0 atom stereocenters. The number of hydrogen-bond acceptors (Lipinski definition) is 1. The van der Waals surface area contributed by atoms with E-state index in [0.717, 1.165) is 0 Å². The fourth-order valence-electron chi connectivity index (χ4n) is 2.19. The SMILES string of the molecule is NCc1ccc2c(ccc3ccccc32)c1. The van der Waals surface area contributed by atoms with Gasteiger partial charge in [-0.05, 0) is 33.2 Å². The van der Waals surface area contributed by atoms with Gasteiger partial charge in [-0.2, -0.15) is 0 Å². The van der Waals surface area contributed by atoms with Crippen molar-refractivity contribution >= 4 is 21.5 Å². The summed E-state index contributed by atoms with van der Waals surface area (Å²) in [6.45, 7) is 0.600. The highest BCUT2D eigenvalue weighted by molar-refractivity contribution is 6.07. The minimum Gasteiger partial charge on any atom is -0.326 e. The van der Waals surface area contributed by atoms with Crippen molar-refractivity contribution in [2.75, 3.05) is 0 Å². The highest BCUT2D eigenvalue weighted by Gasteiger charge is 2.00. The molecule has 3 rings (SSSR count). The van der Waals surface area contributed by atoms with Gasteiger partial charge in [0.15, 0.2) is 0 Å². The largest absolute Gasteiger partial charge is 0.326 e. The van der Waals surface area contributed by atoms with E-state index >= 15 is 0 Å². The lowest BCUT2D eigenvalue weighted by molar-refractivity contribution is 1.08. The summed E-state index contributed by atoms with van der Waals surface area (Å²) in [5.74, 6) is 0. The Morgan fingerprint density at radius 1 is 0.750 bits per heavy atom. The number of nitrogens with two attached hydrogens (primary N) is 1. The van der Waals surface area contributed by atoms with Crippen molar-refractivity contribution in [1.29, 1.82) is 0 Å². The van der Waals surface area contributed by atoms with Crippen molar-refractivity contribution in [2.45, 2.75) is 6.54 Å². The first-order chi connectivity index (χ1) is 7.88. The Bertz CT molecular complexity index is 656. The maximum Gasteiger partial charge on any atom is 0.0178 e. The van der Waals surface area contributed by atoms with Gasteiger partial charge >= 0.3 is 0 Å². The van der Waals surface area contributed by atoms with Gasteiger partial charge in [0.25, 0.3) is 0 Å². The van der Waals surface area contributed by atoms with Gasteiger partial charge in [0, 0.05) is 6.54 Å². The predicted octanol–water partition coefficient (Wildman–Crippen LogP) is 3.45. The molecule has 0 unspecified atom stereocenters. The normalized spacial score (nSPS) is 11.1. The van der Waals surface area contributed by atoms with Crippen molar-refractivity contribution in [2.24, 2.45) is 5.73 Å². The molecule has 0 saturated carbocycles. The topological polar surface area (TPSA) is 26.0 Å². The zero-order chi connectivity index (χ0) is 11.0. The van der Waals surface area contributed by atoms with E-state index in [1.807, 2.05) is 0 Å².